The van der Waals surface area contributed by atoms with E-state index in [0.717, 1.165) is 50.2 Å². The monoisotopic (exact) mass is 886 g/mol. The summed E-state index contributed by atoms with van der Waals surface area (Å²) in [6.07, 6.45) is 3.46. The summed E-state index contributed by atoms with van der Waals surface area (Å²) in [6, 6.07) is 43.1. The van der Waals surface area contributed by atoms with Crippen LogP contribution in [0.5, 0.6) is 0 Å². The minimum absolute atomic E-state index is 0. The molecule has 0 saturated carbocycles. The number of fused-ring (bicyclic) bond motifs is 3. The third-order valence-electron chi connectivity index (χ3n) is 9.30. The fraction of sp³-hybridized carbons (Fsp3) is 0.213. The predicted molar refractivity (Wildman–Crippen MR) is 215 cm³/mol. The number of pyridine rings is 1. The van der Waals surface area contributed by atoms with Gasteiger partial charge in [0.1, 0.15) is 6.33 Å². The summed E-state index contributed by atoms with van der Waals surface area (Å²) >= 11 is 0. The van der Waals surface area contributed by atoms with E-state index < -0.39 is 0 Å². The van der Waals surface area contributed by atoms with E-state index in [1.807, 2.05) is 79.0 Å². The van der Waals surface area contributed by atoms with Crippen LogP contribution in [0.2, 0.25) is 0 Å². The maximum atomic E-state index is 6.35. The minimum atomic E-state index is 0. The van der Waals surface area contributed by atoms with Gasteiger partial charge in [-0.2, -0.15) is 0 Å². The third kappa shape index (κ3) is 8.08. The van der Waals surface area contributed by atoms with Gasteiger partial charge in [0.15, 0.2) is 0 Å². The number of aromatic nitrogens is 5. The molecule has 54 heavy (non-hydrogen) atoms. The minimum Gasteiger partial charge on any atom is -0.486 e. The van der Waals surface area contributed by atoms with Gasteiger partial charge in [-0.3, -0.25) is 15.0 Å². The first kappa shape index (κ1) is 38.4. The van der Waals surface area contributed by atoms with Crippen molar-refractivity contribution in [1.29, 1.82) is 0 Å². The quantitative estimate of drug-likeness (QED) is 0.155. The van der Waals surface area contributed by atoms with Crippen molar-refractivity contribution in [2.24, 2.45) is 0 Å². The van der Waals surface area contributed by atoms with Gasteiger partial charge in [-0.05, 0) is 46.9 Å². The fourth-order valence-electron chi connectivity index (χ4n) is 6.49. The summed E-state index contributed by atoms with van der Waals surface area (Å²) < 4.78 is 6.35. The van der Waals surface area contributed by atoms with E-state index >= 15 is 0 Å². The van der Waals surface area contributed by atoms with E-state index in [2.05, 4.69) is 112 Å². The van der Waals surface area contributed by atoms with E-state index in [0.29, 0.717) is 29.0 Å². The van der Waals surface area contributed by atoms with Crippen LogP contribution in [0.3, 0.4) is 0 Å². The molecule has 273 valence electrons. The first-order chi connectivity index (χ1) is 25.6. The predicted octanol–water partition coefficient (Wildman–Crippen LogP) is 12.1. The van der Waals surface area contributed by atoms with Gasteiger partial charge in [0.05, 0.1) is 22.8 Å². The maximum Gasteiger partial charge on any atom is 0.216 e. The fourth-order valence-corrected chi connectivity index (χ4v) is 6.49. The Bertz CT molecular complexity index is 2480. The second kappa shape index (κ2) is 16.3. The second-order valence-electron chi connectivity index (χ2n) is 14.8. The molecule has 0 aliphatic carbocycles. The van der Waals surface area contributed by atoms with E-state index in [4.69, 9.17) is 14.4 Å². The molecule has 7 heteroatoms. The molecule has 4 heterocycles. The normalized spacial score (nSPS) is 11.4. The molecule has 0 atom stereocenters. The molecule has 0 unspecified atom stereocenters. The Kier molecular flexibility index (Phi) is 11.6. The molecular weight excluding hydrogens is 843 g/mol. The Morgan fingerprint density at radius 3 is 2.06 bits per heavy atom. The summed E-state index contributed by atoms with van der Waals surface area (Å²) in [6.45, 7) is 15.3. The van der Waals surface area contributed by atoms with Crippen molar-refractivity contribution in [1.82, 2.24) is 24.9 Å². The van der Waals surface area contributed by atoms with Gasteiger partial charge < -0.3 is 4.42 Å². The molecule has 0 spiro atoms. The van der Waals surface area contributed by atoms with Crippen molar-refractivity contribution >= 4 is 22.1 Å². The van der Waals surface area contributed by atoms with Crippen LogP contribution in [0, 0.1) is 12.1 Å². The molecule has 0 aliphatic rings. The number of hydrogen-bond donors (Lipinski definition) is 0. The second-order valence-corrected chi connectivity index (χ2v) is 14.8. The Balaban J connectivity index is 0.000000246. The van der Waals surface area contributed by atoms with E-state index in [1.165, 1.54) is 16.7 Å². The Morgan fingerprint density at radius 2 is 1.37 bits per heavy atom. The van der Waals surface area contributed by atoms with Crippen molar-refractivity contribution < 1.29 is 24.5 Å². The summed E-state index contributed by atoms with van der Waals surface area (Å²) in [4.78, 5) is 23.1. The molecule has 0 N–H and O–H groups in total. The largest absolute Gasteiger partial charge is 0.486 e. The molecule has 8 rings (SSSR count). The Hall–Kier alpha value is -5.36. The molecule has 0 fully saturated rings. The van der Waals surface area contributed by atoms with Crippen LogP contribution >= 0.6 is 0 Å². The van der Waals surface area contributed by atoms with Gasteiger partial charge >= 0.3 is 0 Å². The molecule has 6 nitrogen and oxygen atoms in total. The summed E-state index contributed by atoms with van der Waals surface area (Å²) in [5.74, 6) is 1.35. The average molecular weight is 886 g/mol. The first-order valence-electron chi connectivity index (χ1n) is 18.1. The number of hydrogen-bond acceptors (Lipinski definition) is 6. The van der Waals surface area contributed by atoms with Crippen LogP contribution in [0.4, 0.5) is 0 Å². The number of nitrogens with zero attached hydrogens (tertiary/aromatic N) is 5. The molecule has 1 radical (unpaired) electrons. The summed E-state index contributed by atoms with van der Waals surface area (Å²) in [5.41, 5.74) is 11.7. The molecule has 0 bridgehead atoms. The van der Waals surface area contributed by atoms with Crippen molar-refractivity contribution in [2.45, 2.75) is 65.7 Å². The summed E-state index contributed by atoms with van der Waals surface area (Å²) in [5, 5.41) is 1.95. The molecule has 0 aliphatic heterocycles. The van der Waals surface area contributed by atoms with Gasteiger partial charge in [-0.15, -0.1) is 54.1 Å². The standard InChI is InChI=1S/C33H28N3O.C14H15N2.Ir/c1-20(2)23-12-8-13-24(21(3)4)30(23)29-18-19-34-32(35-29)27-15-9-14-25-26-16-17-28(22-10-6-5-7-11-22)36-33(26)37-31(25)27;1-14(2,3)13-9-12(15-10-16-13)11-7-5-4-6-8-11;/h5-14,16-21H,1-4H3;4-7,9-10H,1-3H3;/q2*-1;. The average Bonchev–Trinajstić information content (AvgIpc) is 3.56. The van der Waals surface area contributed by atoms with Gasteiger partial charge in [0.2, 0.25) is 5.71 Å². The number of rotatable bonds is 6. The molecule has 4 aromatic carbocycles. The van der Waals surface area contributed by atoms with Crippen LogP contribution in [0.25, 0.3) is 67.2 Å². The van der Waals surface area contributed by atoms with E-state index in [1.54, 1.807) is 6.33 Å². The topological polar surface area (TPSA) is 77.6 Å². The zero-order valence-electron chi connectivity index (χ0n) is 31.7. The zero-order chi connectivity index (χ0) is 37.1. The van der Waals surface area contributed by atoms with Crippen molar-refractivity contribution in [3.8, 4) is 45.2 Å². The van der Waals surface area contributed by atoms with Crippen LogP contribution in [-0.2, 0) is 25.5 Å². The Labute approximate surface area is 331 Å². The number of furan rings is 1. The summed E-state index contributed by atoms with van der Waals surface area (Å²) in [7, 11) is 0. The van der Waals surface area contributed by atoms with Crippen molar-refractivity contribution in [2.75, 3.05) is 0 Å². The van der Waals surface area contributed by atoms with Crippen LogP contribution in [0.1, 0.15) is 77.1 Å². The smallest absolute Gasteiger partial charge is 0.216 e. The van der Waals surface area contributed by atoms with E-state index in [9.17, 15) is 0 Å². The molecule has 8 aromatic rings. The van der Waals surface area contributed by atoms with Gasteiger partial charge in [-0.1, -0.05) is 114 Å². The SMILES string of the molecule is CC(C)(C)c1cc(-c2[c-]cccc2)ncn1.CC(C)c1cccc(C(C)C)c1-c1ccnc(-c2[c-]ccc3c2oc2nc(-c4ccccc4)ccc23)n1.[Ir]. The van der Waals surface area contributed by atoms with Crippen molar-refractivity contribution in [3.05, 3.63) is 151 Å². The third-order valence-corrected chi connectivity index (χ3v) is 9.30. The number of benzene rings is 4. The van der Waals surface area contributed by atoms with Gasteiger partial charge in [0, 0.05) is 53.9 Å². The van der Waals surface area contributed by atoms with E-state index in [-0.39, 0.29) is 25.5 Å². The first-order valence-corrected chi connectivity index (χ1v) is 18.1. The van der Waals surface area contributed by atoms with Crippen LogP contribution < -0.4 is 0 Å². The van der Waals surface area contributed by atoms with Crippen LogP contribution in [-0.4, -0.2) is 24.9 Å². The van der Waals surface area contributed by atoms with Crippen LogP contribution in [0.15, 0.2) is 126 Å². The molecule has 0 amide bonds. The maximum absolute atomic E-state index is 6.35. The Morgan fingerprint density at radius 1 is 0.630 bits per heavy atom. The molecule has 4 aromatic heterocycles. The van der Waals surface area contributed by atoms with Gasteiger partial charge in [-0.25, -0.2) is 9.97 Å². The molecule has 0 saturated heterocycles. The van der Waals surface area contributed by atoms with Gasteiger partial charge in [0.25, 0.3) is 0 Å². The molecular formula is C47H43IrN5O-2. The van der Waals surface area contributed by atoms with Crippen molar-refractivity contribution in [3.63, 3.8) is 0 Å². The zero-order valence-corrected chi connectivity index (χ0v) is 34.1.